The number of hydrogen-bond donors (Lipinski definition) is 1. The lowest BCUT2D eigenvalue weighted by atomic mass is 10.2. The Balaban J connectivity index is 2.24. The summed E-state index contributed by atoms with van der Waals surface area (Å²) in [4.78, 5) is 17.4. The smallest absolute Gasteiger partial charge is 0.322 e. The number of anilines is 2. The monoisotopic (exact) mass is 266 g/mol. The second kappa shape index (κ2) is 6.01. The second-order valence-corrected chi connectivity index (χ2v) is 4.95. The molecule has 7 heteroatoms. The maximum atomic E-state index is 5.13. The molecule has 0 radical (unpaired) electrons. The molecule has 1 aromatic rings. The second-order valence-electron chi connectivity index (χ2n) is 4.95. The van der Waals surface area contributed by atoms with Crippen LogP contribution >= 0.6 is 0 Å². The summed E-state index contributed by atoms with van der Waals surface area (Å²) in [5, 5.41) is 2.94. The van der Waals surface area contributed by atoms with E-state index in [1.807, 2.05) is 0 Å². The molecule has 7 nitrogen and oxygen atoms in total. The molecular weight excluding hydrogens is 244 g/mol. The minimum absolute atomic E-state index is 0.352. The molecule has 1 aliphatic heterocycles. The normalized spacial score (nSPS) is 19.0. The van der Waals surface area contributed by atoms with Gasteiger partial charge >= 0.3 is 6.01 Å². The van der Waals surface area contributed by atoms with Crippen LogP contribution in [0.1, 0.15) is 12.8 Å². The molecule has 106 valence electrons. The molecule has 1 aromatic heterocycles. The third kappa shape index (κ3) is 3.23. The molecule has 1 saturated heterocycles. The van der Waals surface area contributed by atoms with Gasteiger partial charge in [0.05, 0.1) is 7.11 Å². The predicted octanol–water partition coefficient (Wildman–Crippen LogP) is 0.452. The first-order chi connectivity index (χ1) is 9.13. The Morgan fingerprint density at radius 2 is 2.16 bits per heavy atom. The molecule has 1 fully saturated rings. The third-order valence-electron chi connectivity index (χ3n) is 3.22. The van der Waals surface area contributed by atoms with Crippen molar-refractivity contribution < 1.29 is 4.74 Å². The van der Waals surface area contributed by atoms with E-state index in [1.165, 1.54) is 12.8 Å². The van der Waals surface area contributed by atoms with Gasteiger partial charge in [0.25, 0.3) is 0 Å². The summed E-state index contributed by atoms with van der Waals surface area (Å²) < 4.78 is 5.13. The van der Waals surface area contributed by atoms with E-state index in [2.05, 4.69) is 44.2 Å². The summed E-state index contributed by atoms with van der Waals surface area (Å²) in [6.07, 6.45) is 2.34. The topological polar surface area (TPSA) is 66.4 Å². The average molecular weight is 266 g/mol. The van der Waals surface area contributed by atoms with Crippen molar-refractivity contribution in [3.05, 3.63) is 0 Å². The summed E-state index contributed by atoms with van der Waals surface area (Å²) in [5.41, 5.74) is 0. The van der Waals surface area contributed by atoms with E-state index in [0.29, 0.717) is 23.9 Å². The zero-order valence-electron chi connectivity index (χ0n) is 12.1. The maximum Gasteiger partial charge on any atom is 0.322 e. The molecule has 0 aromatic carbocycles. The standard InChI is InChI=1S/C12H22N6O/c1-13-10-14-11(16-12(15-10)19-4)18-7-5-6-9(18)8-17(2)3/h9H,5-8H2,1-4H3,(H,13,14,15,16). The van der Waals surface area contributed by atoms with Crippen LogP contribution in [0.3, 0.4) is 0 Å². The van der Waals surface area contributed by atoms with Crippen LogP contribution in [0.4, 0.5) is 11.9 Å². The van der Waals surface area contributed by atoms with Crippen LogP contribution in [0.15, 0.2) is 0 Å². The van der Waals surface area contributed by atoms with Crippen LogP contribution in [0, 0.1) is 0 Å². The number of nitrogens with one attached hydrogen (secondary N) is 1. The zero-order valence-corrected chi connectivity index (χ0v) is 12.1. The fourth-order valence-corrected chi connectivity index (χ4v) is 2.39. The lowest BCUT2D eigenvalue weighted by Gasteiger charge is -2.27. The summed E-state index contributed by atoms with van der Waals surface area (Å²) in [5.74, 6) is 1.23. The summed E-state index contributed by atoms with van der Waals surface area (Å²) in [6, 6.07) is 0.802. The molecule has 0 spiro atoms. The number of hydrogen-bond acceptors (Lipinski definition) is 7. The Hall–Kier alpha value is -1.63. The van der Waals surface area contributed by atoms with Crippen molar-refractivity contribution in [2.24, 2.45) is 0 Å². The van der Waals surface area contributed by atoms with Crippen molar-refractivity contribution in [1.29, 1.82) is 0 Å². The summed E-state index contributed by atoms with van der Waals surface area (Å²) in [7, 11) is 7.53. The molecular formula is C12H22N6O. The Morgan fingerprint density at radius 1 is 1.37 bits per heavy atom. The van der Waals surface area contributed by atoms with Crippen molar-refractivity contribution in [2.45, 2.75) is 18.9 Å². The van der Waals surface area contributed by atoms with E-state index >= 15 is 0 Å². The maximum absolute atomic E-state index is 5.13. The molecule has 2 rings (SSSR count). The van der Waals surface area contributed by atoms with E-state index in [-0.39, 0.29) is 0 Å². The summed E-state index contributed by atoms with van der Waals surface area (Å²) >= 11 is 0. The van der Waals surface area contributed by atoms with E-state index in [9.17, 15) is 0 Å². The number of methoxy groups -OCH3 is 1. The van der Waals surface area contributed by atoms with Gasteiger partial charge in [0, 0.05) is 26.2 Å². The van der Waals surface area contributed by atoms with Gasteiger partial charge in [0.2, 0.25) is 11.9 Å². The van der Waals surface area contributed by atoms with Gasteiger partial charge in [-0.1, -0.05) is 0 Å². The number of likely N-dealkylation sites (N-methyl/N-ethyl adjacent to an activating group) is 1. The van der Waals surface area contributed by atoms with Crippen molar-refractivity contribution in [3.63, 3.8) is 0 Å². The highest BCUT2D eigenvalue weighted by atomic mass is 16.5. The predicted molar refractivity (Wildman–Crippen MR) is 74.8 cm³/mol. The molecule has 0 saturated carbocycles. The highest BCUT2D eigenvalue weighted by molar-refractivity contribution is 5.40. The zero-order chi connectivity index (χ0) is 13.8. The molecule has 0 aliphatic carbocycles. The average Bonchev–Trinajstić information content (AvgIpc) is 2.85. The minimum Gasteiger partial charge on any atom is -0.467 e. The molecule has 0 amide bonds. The minimum atomic E-state index is 0.352. The fraction of sp³-hybridized carbons (Fsp3) is 0.750. The Labute approximate surface area is 114 Å². The van der Waals surface area contributed by atoms with Crippen molar-refractivity contribution in [2.75, 3.05) is 51.6 Å². The molecule has 1 N–H and O–H groups in total. The van der Waals surface area contributed by atoms with E-state index in [1.54, 1.807) is 14.2 Å². The van der Waals surface area contributed by atoms with Crippen LogP contribution in [0.2, 0.25) is 0 Å². The molecule has 1 unspecified atom stereocenters. The van der Waals surface area contributed by atoms with Gasteiger partial charge in [0.15, 0.2) is 0 Å². The van der Waals surface area contributed by atoms with Gasteiger partial charge in [-0.3, -0.25) is 0 Å². The number of nitrogens with zero attached hydrogens (tertiary/aromatic N) is 5. The first-order valence-corrected chi connectivity index (χ1v) is 6.53. The van der Waals surface area contributed by atoms with E-state index in [0.717, 1.165) is 13.1 Å². The van der Waals surface area contributed by atoms with Crippen LogP contribution in [-0.2, 0) is 0 Å². The van der Waals surface area contributed by atoms with Crippen LogP contribution in [-0.4, -0.2) is 67.2 Å². The van der Waals surface area contributed by atoms with Gasteiger partial charge < -0.3 is 19.9 Å². The molecule has 19 heavy (non-hydrogen) atoms. The van der Waals surface area contributed by atoms with Gasteiger partial charge in [-0.2, -0.15) is 15.0 Å². The van der Waals surface area contributed by atoms with Gasteiger partial charge in [0.1, 0.15) is 0 Å². The first-order valence-electron chi connectivity index (χ1n) is 6.53. The molecule has 2 heterocycles. The fourth-order valence-electron chi connectivity index (χ4n) is 2.39. The largest absolute Gasteiger partial charge is 0.467 e. The first kappa shape index (κ1) is 13.8. The van der Waals surface area contributed by atoms with Crippen LogP contribution in [0.5, 0.6) is 6.01 Å². The third-order valence-corrected chi connectivity index (χ3v) is 3.22. The van der Waals surface area contributed by atoms with Gasteiger partial charge in [-0.15, -0.1) is 0 Å². The lowest BCUT2D eigenvalue weighted by molar-refractivity contribution is 0.366. The highest BCUT2D eigenvalue weighted by Crippen LogP contribution is 2.24. The van der Waals surface area contributed by atoms with E-state index in [4.69, 9.17) is 4.74 Å². The highest BCUT2D eigenvalue weighted by Gasteiger charge is 2.28. The number of aromatic nitrogens is 3. The quantitative estimate of drug-likeness (QED) is 0.830. The Morgan fingerprint density at radius 3 is 2.79 bits per heavy atom. The van der Waals surface area contributed by atoms with Crippen molar-refractivity contribution in [3.8, 4) is 6.01 Å². The Kier molecular flexibility index (Phi) is 4.36. The summed E-state index contributed by atoms with van der Waals surface area (Å²) in [6.45, 7) is 1.98. The van der Waals surface area contributed by atoms with Crippen molar-refractivity contribution >= 4 is 11.9 Å². The van der Waals surface area contributed by atoms with Crippen LogP contribution < -0.4 is 15.0 Å². The molecule has 1 aliphatic rings. The SMILES string of the molecule is CNc1nc(OC)nc(N2CCCC2CN(C)C)n1. The number of ether oxygens (including phenoxy) is 1. The van der Waals surface area contributed by atoms with Gasteiger partial charge in [-0.05, 0) is 26.9 Å². The van der Waals surface area contributed by atoms with Crippen molar-refractivity contribution in [1.82, 2.24) is 19.9 Å². The Bertz CT molecular complexity index is 402. The lowest BCUT2D eigenvalue weighted by Crippen LogP contribution is -2.38. The number of rotatable bonds is 5. The molecule has 1 atom stereocenters. The van der Waals surface area contributed by atoms with E-state index < -0.39 is 0 Å². The van der Waals surface area contributed by atoms with Gasteiger partial charge in [-0.25, -0.2) is 0 Å². The molecule has 0 bridgehead atoms. The van der Waals surface area contributed by atoms with Crippen LogP contribution in [0.25, 0.3) is 0 Å².